The number of carboxylic acid groups (broad SMARTS) is 1. The van der Waals surface area contributed by atoms with E-state index in [4.69, 9.17) is 4.74 Å². The van der Waals surface area contributed by atoms with E-state index in [1.807, 2.05) is 31.2 Å². The van der Waals surface area contributed by atoms with Gasteiger partial charge in [-0.15, -0.1) is 0 Å². The van der Waals surface area contributed by atoms with Gasteiger partial charge in [0.25, 0.3) is 0 Å². The first-order valence-corrected chi connectivity index (χ1v) is 10.5. The van der Waals surface area contributed by atoms with Crippen LogP contribution in [0.15, 0.2) is 48.5 Å². The minimum atomic E-state index is -0.921. The highest BCUT2D eigenvalue weighted by molar-refractivity contribution is 5.79. The fraction of sp³-hybridized carbons (Fsp3) is 0.417. The third kappa shape index (κ3) is 4.05. The molecule has 1 fully saturated rings. The van der Waals surface area contributed by atoms with Crippen molar-refractivity contribution in [2.24, 2.45) is 5.92 Å². The molecule has 2 aromatic carbocycles. The fourth-order valence-corrected chi connectivity index (χ4v) is 4.93. The zero-order chi connectivity index (χ0) is 21.1. The molecule has 1 atom stereocenters. The predicted molar refractivity (Wildman–Crippen MR) is 114 cm³/mol. The molecule has 6 nitrogen and oxygen atoms in total. The number of benzene rings is 2. The van der Waals surface area contributed by atoms with Gasteiger partial charge in [0.15, 0.2) is 0 Å². The van der Waals surface area contributed by atoms with Crippen molar-refractivity contribution in [3.8, 4) is 11.1 Å². The Bertz CT molecular complexity index is 893. The van der Waals surface area contributed by atoms with E-state index >= 15 is 0 Å². The van der Waals surface area contributed by atoms with Crippen LogP contribution in [0.2, 0.25) is 0 Å². The number of carboxylic acids is 1. The molecular formula is C24H28N2O4. The monoisotopic (exact) mass is 408 g/mol. The van der Waals surface area contributed by atoms with Gasteiger partial charge in [-0.3, -0.25) is 4.79 Å². The smallest absolute Gasteiger partial charge is 0.407 e. The number of carbonyl (C=O) groups is 2. The molecule has 2 aliphatic rings. The Morgan fingerprint density at radius 1 is 1.07 bits per heavy atom. The first kappa shape index (κ1) is 20.4. The maximum Gasteiger partial charge on any atom is 0.407 e. The predicted octanol–water partition coefficient (Wildman–Crippen LogP) is 3.76. The minimum Gasteiger partial charge on any atom is -0.481 e. The van der Waals surface area contributed by atoms with Crippen molar-refractivity contribution in [2.45, 2.75) is 37.6 Å². The summed E-state index contributed by atoms with van der Waals surface area (Å²) in [4.78, 5) is 24.2. The number of alkyl carbamates (subject to hydrolysis) is 1. The van der Waals surface area contributed by atoms with Gasteiger partial charge in [0.1, 0.15) is 6.61 Å². The summed E-state index contributed by atoms with van der Waals surface area (Å²) in [5.41, 5.74) is 3.81. The Kier molecular flexibility index (Phi) is 5.77. The molecule has 1 aliphatic carbocycles. The van der Waals surface area contributed by atoms with Gasteiger partial charge >= 0.3 is 12.1 Å². The van der Waals surface area contributed by atoms with Crippen LogP contribution in [-0.4, -0.2) is 42.4 Å². The summed E-state index contributed by atoms with van der Waals surface area (Å²) < 4.78 is 5.65. The van der Waals surface area contributed by atoms with Crippen molar-refractivity contribution < 1.29 is 19.4 Å². The Morgan fingerprint density at radius 2 is 1.63 bits per heavy atom. The Morgan fingerprint density at radius 3 is 2.20 bits per heavy atom. The van der Waals surface area contributed by atoms with E-state index in [0.29, 0.717) is 0 Å². The van der Waals surface area contributed by atoms with Crippen molar-refractivity contribution in [3.63, 3.8) is 0 Å². The summed E-state index contributed by atoms with van der Waals surface area (Å²) in [6.45, 7) is 3.69. The van der Waals surface area contributed by atoms with Crippen LogP contribution in [0.4, 0.5) is 4.79 Å². The lowest BCUT2D eigenvalue weighted by atomic mass is 9.77. The summed E-state index contributed by atoms with van der Waals surface area (Å²) >= 11 is 0. The Labute approximate surface area is 176 Å². The van der Waals surface area contributed by atoms with Gasteiger partial charge in [0.05, 0.1) is 12.0 Å². The van der Waals surface area contributed by atoms with Crippen LogP contribution in [0, 0.1) is 5.92 Å². The molecule has 1 unspecified atom stereocenters. The summed E-state index contributed by atoms with van der Waals surface area (Å²) in [6.07, 6.45) is 0.974. The fourth-order valence-electron chi connectivity index (χ4n) is 4.93. The van der Waals surface area contributed by atoms with Crippen LogP contribution in [-0.2, 0) is 9.53 Å². The van der Waals surface area contributed by atoms with Crippen LogP contribution >= 0.6 is 0 Å². The second kappa shape index (κ2) is 8.48. The van der Waals surface area contributed by atoms with E-state index in [2.05, 4.69) is 34.9 Å². The van der Waals surface area contributed by atoms with Crippen molar-refractivity contribution in [3.05, 3.63) is 59.7 Å². The van der Waals surface area contributed by atoms with Gasteiger partial charge in [-0.05, 0) is 61.0 Å². The first-order chi connectivity index (χ1) is 14.5. The number of hydrogen-bond acceptors (Lipinski definition) is 4. The summed E-state index contributed by atoms with van der Waals surface area (Å²) in [5, 5.41) is 15.6. The Hall–Kier alpha value is -2.86. The van der Waals surface area contributed by atoms with E-state index in [1.165, 1.54) is 11.1 Å². The molecule has 0 saturated carbocycles. The number of hydrogen-bond donors (Lipinski definition) is 3. The largest absolute Gasteiger partial charge is 0.481 e. The van der Waals surface area contributed by atoms with E-state index in [0.717, 1.165) is 37.1 Å². The molecule has 158 valence electrons. The molecule has 1 amide bonds. The van der Waals surface area contributed by atoms with Crippen LogP contribution in [0.5, 0.6) is 0 Å². The van der Waals surface area contributed by atoms with Gasteiger partial charge in [0, 0.05) is 5.92 Å². The summed E-state index contributed by atoms with van der Waals surface area (Å²) in [6, 6.07) is 16.4. The number of ether oxygens (including phenoxy) is 1. The number of carbonyl (C=O) groups excluding carboxylic acids is 1. The molecule has 2 aromatic rings. The third-order valence-corrected chi connectivity index (χ3v) is 6.49. The summed E-state index contributed by atoms with van der Waals surface area (Å²) in [7, 11) is 0. The van der Waals surface area contributed by atoms with Crippen LogP contribution in [0.3, 0.4) is 0 Å². The maximum absolute atomic E-state index is 12.7. The van der Waals surface area contributed by atoms with Gasteiger partial charge in [-0.25, -0.2) is 4.79 Å². The molecule has 30 heavy (non-hydrogen) atoms. The number of piperidine rings is 1. The molecule has 0 bridgehead atoms. The molecule has 4 rings (SSSR count). The number of rotatable bonds is 6. The molecular weight excluding hydrogens is 380 g/mol. The normalized spacial score (nSPS) is 18.2. The van der Waals surface area contributed by atoms with Gasteiger partial charge in [-0.1, -0.05) is 48.5 Å². The molecule has 6 heteroatoms. The van der Waals surface area contributed by atoms with E-state index in [1.54, 1.807) is 0 Å². The number of nitrogens with one attached hydrogen (secondary N) is 2. The molecule has 0 aromatic heterocycles. The van der Waals surface area contributed by atoms with Crippen LogP contribution < -0.4 is 10.6 Å². The standard InChI is InChI=1S/C24H28N2O4/c1-24(14-22(27)28,16-10-12-25-13-11-16)26-23(29)30-15-21-19-8-4-2-6-17(19)18-7-3-5-9-20(18)21/h2-9,16,21,25H,10-15H2,1H3,(H,26,29)(H,27,28). The van der Waals surface area contributed by atoms with Crippen LogP contribution in [0.1, 0.15) is 43.2 Å². The van der Waals surface area contributed by atoms with Gasteiger partial charge in [-0.2, -0.15) is 0 Å². The lowest BCUT2D eigenvalue weighted by Gasteiger charge is -2.39. The Balaban J connectivity index is 1.47. The molecule has 0 radical (unpaired) electrons. The molecule has 1 saturated heterocycles. The highest BCUT2D eigenvalue weighted by Crippen LogP contribution is 2.44. The van der Waals surface area contributed by atoms with Crippen molar-refractivity contribution in [1.29, 1.82) is 0 Å². The second-order valence-corrected chi connectivity index (χ2v) is 8.46. The quantitative estimate of drug-likeness (QED) is 0.677. The van der Waals surface area contributed by atoms with Gasteiger partial charge in [0.2, 0.25) is 0 Å². The highest BCUT2D eigenvalue weighted by atomic mass is 16.5. The second-order valence-electron chi connectivity index (χ2n) is 8.46. The average molecular weight is 408 g/mol. The lowest BCUT2D eigenvalue weighted by Crippen LogP contribution is -2.55. The number of aliphatic carboxylic acids is 1. The zero-order valence-corrected chi connectivity index (χ0v) is 17.2. The number of amides is 1. The SMILES string of the molecule is CC(CC(=O)O)(NC(=O)OCC1c2ccccc2-c2ccccc21)C1CCNCC1. The topological polar surface area (TPSA) is 87.7 Å². The van der Waals surface area contributed by atoms with Crippen molar-refractivity contribution in [2.75, 3.05) is 19.7 Å². The number of fused-ring (bicyclic) bond motifs is 3. The maximum atomic E-state index is 12.7. The molecule has 3 N–H and O–H groups in total. The highest BCUT2D eigenvalue weighted by Gasteiger charge is 2.39. The lowest BCUT2D eigenvalue weighted by molar-refractivity contribution is -0.139. The molecule has 1 heterocycles. The molecule has 1 aliphatic heterocycles. The van der Waals surface area contributed by atoms with E-state index in [-0.39, 0.29) is 24.9 Å². The van der Waals surface area contributed by atoms with Crippen LogP contribution in [0.25, 0.3) is 11.1 Å². The first-order valence-electron chi connectivity index (χ1n) is 10.5. The zero-order valence-electron chi connectivity index (χ0n) is 17.2. The van der Waals surface area contributed by atoms with Crippen molar-refractivity contribution >= 4 is 12.1 Å². The van der Waals surface area contributed by atoms with E-state index < -0.39 is 17.6 Å². The summed E-state index contributed by atoms with van der Waals surface area (Å²) in [5.74, 6) is -0.849. The minimum absolute atomic E-state index is 0.0206. The average Bonchev–Trinajstić information content (AvgIpc) is 3.06. The van der Waals surface area contributed by atoms with Crippen molar-refractivity contribution in [1.82, 2.24) is 10.6 Å². The third-order valence-electron chi connectivity index (χ3n) is 6.49. The van der Waals surface area contributed by atoms with Gasteiger partial charge < -0.3 is 20.5 Å². The molecule has 0 spiro atoms. The van der Waals surface area contributed by atoms with E-state index in [9.17, 15) is 14.7 Å².